The van der Waals surface area contributed by atoms with Gasteiger partial charge in [-0.1, -0.05) is 6.07 Å². The van der Waals surface area contributed by atoms with Crippen molar-refractivity contribution in [2.75, 3.05) is 6.54 Å². The Labute approximate surface area is 110 Å². The summed E-state index contributed by atoms with van der Waals surface area (Å²) in [5, 5.41) is 3.35. The fourth-order valence-corrected chi connectivity index (χ4v) is 1.99. The first-order valence-electron chi connectivity index (χ1n) is 6.56. The van der Waals surface area contributed by atoms with Gasteiger partial charge >= 0.3 is 6.18 Å². The summed E-state index contributed by atoms with van der Waals surface area (Å²) >= 11 is 0. The van der Waals surface area contributed by atoms with Crippen LogP contribution in [0.1, 0.15) is 36.8 Å². The molecule has 1 aromatic carbocycles. The molecule has 0 unspecified atom stereocenters. The lowest BCUT2D eigenvalue weighted by Crippen LogP contribution is -2.17. The van der Waals surface area contributed by atoms with E-state index in [-0.39, 0.29) is 0 Å². The van der Waals surface area contributed by atoms with Crippen LogP contribution in [0.2, 0.25) is 0 Å². The van der Waals surface area contributed by atoms with Crippen LogP contribution < -0.4 is 5.32 Å². The molecular weight excluding hydrogens is 258 g/mol. The van der Waals surface area contributed by atoms with Crippen molar-refractivity contribution in [2.24, 2.45) is 0 Å². The Morgan fingerprint density at radius 1 is 1.16 bits per heavy atom. The molecule has 19 heavy (non-hydrogen) atoms. The van der Waals surface area contributed by atoms with Gasteiger partial charge < -0.3 is 5.32 Å². The third-order valence-electron chi connectivity index (χ3n) is 3.24. The summed E-state index contributed by atoms with van der Waals surface area (Å²) in [7, 11) is 0. The molecule has 1 aliphatic rings. The largest absolute Gasteiger partial charge is 0.419 e. The summed E-state index contributed by atoms with van der Waals surface area (Å²) in [5.41, 5.74) is -0.624. The highest BCUT2D eigenvalue weighted by molar-refractivity contribution is 5.27. The van der Waals surface area contributed by atoms with Crippen LogP contribution in [0.3, 0.4) is 0 Å². The molecule has 0 saturated heterocycles. The smallest absolute Gasteiger partial charge is 0.314 e. The summed E-state index contributed by atoms with van der Waals surface area (Å²) < 4.78 is 50.6. The molecule has 0 bridgehead atoms. The number of alkyl halides is 3. The van der Waals surface area contributed by atoms with Crippen molar-refractivity contribution in [3.05, 3.63) is 35.1 Å². The normalized spacial score (nSPS) is 15.8. The van der Waals surface area contributed by atoms with Gasteiger partial charge in [-0.05, 0) is 56.3 Å². The van der Waals surface area contributed by atoms with Gasteiger partial charge in [0.15, 0.2) is 0 Å². The lowest BCUT2D eigenvalue weighted by atomic mass is 10.0. The predicted molar refractivity (Wildman–Crippen MR) is 65.4 cm³/mol. The lowest BCUT2D eigenvalue weighted by molar-refractivity contribution is -0.140. The van der Waals surface area contributed by atoms with Crippen molar-refractivity contribution in [1.29, 1.82) is 0 Å². The first-order chi connectivity index (χ1) is 8.97. The van der Waals surface area contributed by atoms with Crippen LogP contribution in [0.5, 0.6) is 0 Å². The summed E-state index contributed by atoms with van der Waals surface area (Å²) in [4.78, 5) is 0. The molecule has 1 N–H and O–H groups in total. The van der Waals surface area contributed by atoms with Crippen molar-refractivity contribution >= 4 is 0 Å². The zero-order valence-corrected chi connectivity index (χ0v) is 10.6. The Morgan fingerprint density at radius 2 is 1.89 bits per heavy atom. The van der Waals surface area contributed by atoms with Crippen LogP contribution in [0.15, 0.2) is 18.2 Å². The summed E-state index contributed by atoms with van der Waals surface area (Å²) in [6, 6.07) is 3.91. The number of rotatable bonds is 6. The highest BCUT2D eigenvalue weighted by atomic mass is 19.4. The van der Waals surface area contributed by atoms with E-state index in [0.29, 0.717) is 18.0 Å². The average Bonchev–Trinajstić information content (AvgIpc) is 3.13. The molecule has 0 aliphatic heterocycles. The number of halogens is 4. The minimum atomic E-state index is -4.62. The zero-order chi connectivity index (χ0) is 13.9. The van der Waals surface area contributed by atoms with Gasteiger partial charge in [-0.2, -0.15) is 13.2 Å². The van der Waals surface area contributed by atoms with Gasteiger partial charge in [-0.25, -0.2) is 4.39 Å². The average molecular weight is 275 g/mol. The van der Waals surface area contributed by atoms with E-state index in [4.69, 9.17) is 0 Å². The molecule has 0 aromatic heterocycles. The standard InChI is InChI=1S/C14H17F4N/c15-13-7-4-10(9-12(13)14(16,17)18)3-1-2-8-19-11-5-6-11/h4,7,9,11,19H,1-3,5-6,8H2. The quantitative estimate of drug-likeness (QED) is 0.613. The van der Waals surface area contributed by atoms with Gasteiger partial charge in [-0.15, -0.1) is 0 Å². The number of unbranched alkanes of at least 4 members (excludes halogenated alkanes) is 1. The second-order valence-electron chi connectivity index (χ2n) is 5.00. The van der Waals surface area contributed by atoms with Crippen molar-refractivity contribution in [3.63, 3.8) is 0 Å². The molecule has 0 heterocycles. The van der Waals surface area contributed by atoms with Crippen molar-refractivity contribution < 1.29 is 17.6 Å². The number of nitrogens with one attached hydrogen (secondary N) is 1. The maximum Gasteiger partial charge on any atom is 0.419 e. The predicted octanol–water partition coefficient (Wildman–Crippen LogP) is 3.92. The SMILES string of the molecule is Fc1ccc(CCCCNC2CC2)cc1C(F)(F)F. The molecular formula is C14H17F4N. The van der Waals surface area contributed by atoms with Crippen LogP contribution in [0.25, 0.3) is 0 Å². The zero-order valence-electron chi connectivity index (χ0n) is 10.6. The summed E-state index contributed by atoms with van der Waals surface area (Å²) in [6.45, 7) is 0.901. The second kappa shape index (κ2) is 5.90. The highest BCUT2D eigenvalue weighted by Gasteiger charge is 2.34. The molecule has 1 saturated carbocycles. The van der Waals surface area contributed by atoms with E-state index >= 15 is 0 Å². The Balaban J connectivity index is 1.82. The molecule has 106 valence electrons. The van der Waals surface area contributed by atoms with Crippen molar-refractivity contribution in [1.82, 2.24) is 5.32 Å². The number of aryl methyl sites for hydroxylation is 1. The molecule has 1 fully saturated rings. The number of hydrogen-bond acceptors (Lipinski definition) is 1. The van der Waals surface area contributed by atoms with Gasteiger partial charge in [0.25, 0.3) is 0 Å². The first kappa shape index (κ1) is 14.3. The van der Waals surface area contributed by atoms with Gasteiger partial charge in [0, 0.05) is 6.04 Å². The minimum absolute atomic E-state index is 0.542. The number of benzene rings is 1. The lowest BCUT2D eigenvalue weighted by Gasteiger charge is -2.10. The Bertz CT molecular complexity index is 424. The molecule has 1 aromatic rings. The number of hydrogen-bond donors (Lipinski definition) is 1. The second-order valence-corrected chi connectivity index (χ2v) is 5.00. The van der Waals surface area contributed by atoms with E-state index < -0.39 is 17.6 Å². The first-order valence-corrected chi connectivity index (χ1v) is 6.56. The van der Waals surface area contributed by atoms with Gasteiger partial charge in [0.2, 0.25) is 0 Å². The van der Waals surface area contributed by atoms with Crippen molar-refractivity contribution in [2.45, 2.75) is 44.3 Å². The molecule has 0 spiro atoms. The monoisotopic (exact) mass is 275 g/mol. The third-order valence-corrected chi connectivity index (χ3v) is 3.24. The Morgan fingerprint density at radius 3 is 2.53 bits per heavy atom. The maximum atomic E-state index is 13.1. The van der Waals surface area contributed by atoms with Crippen molar-refractivity contribution in [3.8, 4) is 0 Å². The third kappa shape index (κ3) is 4.49. The molecule has 2 rings (SSSR count). The minimum Gasteiger partial charge on any atom is -0.314 e. The fraction of sp³-hybridized carbons (Fsp3) is 0.571. The molecule has 5 heteroatoms. The molecule has 0 amide bonds. The van der Waals surface area contributed by atoms with E-state index in [9.17, 15) is 17.6 Å². The van der Waals surface area contributed by atoms with E-state index in [1.807, 2.05) is 0 Å². The summed E-state index contributed by atoms with van der Waals surface area (Å²) in [5.74, 6) is -1.20. The van der Waals surface area contributed by atoms with Crippen LogP contribution in [-0.4, -0.2) is 12.6 Å². The van der Waals surface area contributed by atoms with E-state index in [2.05, 4.69) is 5.32 Å². The van der Waals surface area contributed by atoms with E-state index in [0.717, 1.165) is 31.5 Å². The van der Waals surface area contributed by atoms with E-state index in [1.165, 1.54) is 18.9 Å². The van der Waals surface area contributed by atoms with E-state index in [1.54, 1.807) is 0 Å². The maximum absolute atomic E-state index is 13.1. The van der Waals surface area contributed by atoms with Crippen LogP contribution in [-0.2, 0) is 12.6 Å². The Hall–Kier alpha value is -1.10. The molecule has 1 nitrogen and oxygen atoms in total. The molecule has 0 radical (unpaired) electrons. The highest BCUT2D eigenvalue weighted by Crippen LogP contribution is 2.32. The van der Waals surface area contributed by atoms with Crippen LogP contribution >= 0.6 is 0 Å². The van der Waals surface area contributed by atoms with Gasteiger partial charge in [0.05, 0.1) is 5.56 Å². The van der Waals surface area contributed by atoms with Gasteiger partial charge in [0.1, 0.15) is 5.82 Å². The van der Waals surface area contributed by atoms with Crippen LogP contribution in [0.4, 0.5) is 17.6 Å². The van der Waals surface area contributed by atoms with Crippen LogP contribution in [0, 0.1) is 5.82 Å². The fourth-order valence-electron chi connectivity index (χ4n) is 1.99. The van der Waals surface area contributed by atoms with Gasteiger partial charge in [-0.3, -0.25) is 0 Å². The Kier molecular flexibility index (Phi) is 4.45. The summed E-state index contributed by atoms with van der Waals surface area (Å²) in [6.07, 6.45) is 0.126. The molecule has 0 atom stereocenters. The molecule has 1 aliphatic carbocycles. The topological polar surface area (TPSA) is 12.0 Å².